The van der Waals surface area contributed by atoms with Crippen molar-refractivity contribution in [1.82, 2.24) is 15.5 Å². The number of carbonyl (C=O) groups excluding carboxylic acids is 1. The number of carbonyl (C=O) groups is 1. The van der Waals surface area contributed by atoms with E-state index in [1.165, 1.54) is 13.2 Å². The SMILES string of the molecule is CC[C@@H](C)[C@H](NC(=O)/C=C/c1ccccc1)c1nc(-c2cc(OC)c(OC)c(OC)c2)no1. The molecule has 0 unspecified atom stereocenters. The Hall–Kier alpha value is -3.81. The molecule has 0 saturated carbocycles. The quantitative estimate of drug-likeness (QED) is 0.447. The Labute approximate surface area is 193 Å². The highest BCUT2D eigenvalue weighted by atomic mass is 16.5. The molecule has 0 bridgehead atoms. The van der Waals surface area contributed by atoms with Crippen LogP contribution in [0.2, 0.25) is 0 Å². The lowest BCUT2D eigenvalue weighted by Gasteiger charge is -2.19. The fourth-order valence-corrected chi connectivity index (χ4v) is 3.31. The molecule has 0 aliphatic rings. The summed E-state index contributed by atoms with van der Waals surface area (Å²) >= 11 is 0. The third kappa shape index (κ3) is 5.71. The molecule has 0 aliphatic carbocycles. The van der Waals surface area contributed by atoms with E-state index >= 15 is 0 Å². The molecule has 0 fully saturated rings. The van der Waals surface area contributed by atoms with Gasteiger partial charge < -0.3 is 24.1 Å². The van der Waals surface area contributed by atoms with Gasteiger partial charge in [0, 0.05) is 11.6 Å². The summed E-state index contributed by atoms with van der Waals surface area (Å²) in [6.07, 6.45) is 4.08. The van der Waals surface area contributed by atoms with E-state index in [-0.39, 0.29) is 11.8 Å². The van der Waals surface area contributed by atoms with Crippen LogP contribution < -0.4 is 19.5 Å². The van der Waals surface area contributed by atoms with Crippen LogP contribution >= 0.6 is 0 Å². The van der Waals surface area contributed by atoms with Gasteiger partial charge in [0.1, 0.15) is 6.04 Å². The highest BCUT2D eigenvalue weighted by molar-refractivity contribution is 5.91. The number of amides is 1. The Bertz CT molecular complexity index is 1070. The van der Waals surface area contributed by atoms with Gasteiger partial charge in [-0.1, -0.05) is 55.8 Å². The molecule has 174 valence electrons. The van der Waals surface area contributed by atoms with E-state index in [9.17, 15) is 4.79 Å². The second-order valence-electron chi connectivity index (χ2n) is 7.49. The number of nitrogens with zero attached hydrogens (tertiary/aromatic N) is 2. The van der Waals surface area contributed by atoms with Crippen LogP contribution in [0.4, 0.5) is 0 Å². The molecule has 1 heterocycles. The number of methoxy groups -OCH3 is 3. The van der Waals surface area contributed by atoms with Gasteiger partial charge in [0.05, 0.1) is 21.3 Å². The smallest absolute Gasteiger partial charge is 0.249 e. The third-order valence-electron chi connectivity index (χ3n) is 5.37. The molecule has 33 heavy (non-hydrogen) atoms. The molecule has 0 spiro atoms. The van der Waals surface area contributed by atoms with Crippen molar-refractivity contribution in [1.29, 1.82) is 0 Å². The van der Waals surface area contributed by atoms with E-state index in [4.69, 9.17) is 18.7 Å². The third-order valence-corrected chi connectivity index (χ3v) is 5.37. The Morgan fingerprint density at radius 1 is 1.09 bits per heavy atom. The van der Waals surface area contributed by atoms with Crippen molar-refractivity contribution in [3.05, 3.63) is 60.0 Å². The topological polar surface area (TPSA) is 95.7 Å². The van der Waals surface area contributed by atoms with Crippen molar-refractivity contribution in [3.8, 4) is 28.6 Å². The first-order chi connectivity index (χ1) is 16.0. The molecule has 0 saturated heterocycles. The van der Waals surface area contributed by atoms with Crippen molar-refractivity contribution in [2.75, 3.05) is 21.3 Å². The lowest BCUT2D eigenvalue weighted by Crippen LogP contribution is -2.31. The minimum atomic E-state index is -0.439. The van der Waals surface area contributed by atoms with E-state index in [2.05, 4.69) is 15.5 Å². The van der Waals surface area contributed by atoms with Gasteiger partial charge in [-0.3, -0.25) is 4.79 Å². The van der Waals surface area contributed by atoms with Crippen LogP contribution in [0.15, 0.2) is 53.1 Å². The molecule has 2 aromatic carbocycles. The summed E-state index contributed by atoms with van der Waals surface area (Å²) in [6, 6.07) is 12.7. The van der Waals surface area contributed by atoms with Gasteiger partial charge in [-0.2, -0.15) is 4.98 Å². The van der Waals surface area contributed by atoms with Gasteiger partial charge in [-0.25, -0.2) is 0 Å². The molecule has 1 aromatic heterocycles. The number of hydrogen-bond donors (Lipinski definition) is 1. The summed E-state index contributed by atoms with van der Waals surface area (Å²) in [5, 5.41) is 7.11. The first-order valence-corrected chi connectivity index (χ1v) is 10.7. The van der Waals surface area contributed by atoms with Gasteiger partial charge in [0.25, 0.3) is 0 Å². The Kier molecular flexibility index (Phi) is 8.07. The minimum Gasteiger partial charge on any atom is -0.493 e. The van der Waals surface area contributed by atoms with Gasteiger partial charge in [0.15, 0.2) is 11.5 Å². The van der Waals surface area contributed by atoms with Crippen molar-refractivity contribution in [3.63, 3.8) is 0 Å². The van der Waals surface area contributed by atoms with E-state index in [1.807, 2.05) is 44.2 Å². The lowest BCUT2D eigenvalue weighted by atomic mass is 9.99. The molecule has 0 radical (unpaired) electrons. The van der Waals surface area contributed by atoms with Crippen molar-refractivity contribution in [2.45, 2.75) is 26.3 Å². The molecule has 2 atom stereocenters. The highest BCUT2D eigenvalue weighted by Crippen LogP contribution is 2.40. The van der Waals surface area contributed by atoms with Crippen LogP contribution in [0.1, 0.15) is 37.8 Å². The minimum absolute atomic E-state index is 0.0762. The summed E-state index contributed by atoms with van der Waals surface area (Å²) < 4.78 is 21.7. The predicted octanol–water partition coefficient (Wildman–Crippen LogP) is 4.68. The number of benzene rings is 2. The van der Waals surface area contributed by atoms with E-state index in [1.54, 1.807) is 32.4 Å². The van der Waals surface area contributed by atoms with Crippen molar-refractivity contribution in [2.24, 2.45) is 5.92 Å². The van der Waals surface area contributed by atoms with Gasteiger partial charge in [-0.05, 0) is 29.7 Å². The molecule has 3 aromatic rings. The summed E-state index contributed by atoms with van der Waals surface area (Å²) in [5.41, 5.74) is 1.58. The molecular weight excluding hydrogens is 422 g/mol. The number of hydrogen-bond acceptors (Lipinski definition) is 7. The predicted molar refractivity (Wildman–Crippen MR) is 125 cm³/mol. The molecule has 3 rings (SSSR count). The fraction of sp³-hybridized carbons (Fsp3) is 0.320. The zero-order chi connectivity index (χ0) is 23.8. The van der Waals surface area contributed by atoms with Gasteiger partial charge in [-0.15, -0.1) is 0 Å². The van der Waals surface area contributed by atoms with Crippen LogP contribution in [0.5, 0.6) is 17.2 Å². The number of rotatable bonds is 10. The van der Waals surface area contributed by atoms with Gasteiger partial charge >= 0.3 is 0 Å². The standard InChI is InChI=1S/C25H29N3O5/c1-6-16(2)22(26-21(29)13-12-17-10-8-7-9-11-17)25-27-24(28-33-25)18-14-19(30-3)23(32-5)20(15-18)31-4/h7-16,22H,6H2,1-5H3,(H,26,29)/b13-12+/t16-,22+/m1/s1. The maximum absolute atomic E-state index is 12.6. The van der Waals surface area contributed by atoms with Crippen LogP contribution in [-0.2, 0) is 4.79 Å². The normalized spacial score (nSPS) is 12.9. The average molecular weight is 452 g/mol. The van der Waals surface area contributed by atoms with Crippen LogP contribution in [-0.4, -0.2) is 37.4 Å². The second kappa shape index (κ2) is 11.2. The largest absolute Gasteiger partial charge is 0.493 e. The molecular formula is C25H29N3O5. The second-order valence-corrected chi connectivity index (χ2v) is 7.49. The van der Waals surface area contributed by atoms with Gasteiger partial charge in [0.2, 0.25) is 23.4 Å². The van der Waals surface area contributed by atoms with Crippen LogP contribution in [0.3, 0.4) is 0 Å². The van der Waals surface area contributed by atoms with Crippen molar-refractivity contribution < 1.29 is 23.5 Å². The summed E-state index contributed by atoms with van der Waals surface area (Å²) in [4.78, 5) is 17.2. The number of ether oxygens (including phenoxy) is 3. The zero-order valence-corrected chi connectivity index (χ0v) is 19.5. The highest BCUT2D eigenvalue weighted by Gasteiger charge is 2.26. The number of nitrogens with one attached hydrogen (secondary N) is 1. The maximum atomic E-state index is 12.6. The maximum Gasteiger partial charge on any atom is 0.249 e. The van der Waals surface area contributed by atoms with Crippen LogP contribution in [0.25, 0.3) is 17.5 Å². The monoisotopic (exact) mass is 451 g/mol. The Morgan fingerprint density at radius 2 is 1.76 bits per heavy atom. The lowest BCUT2D eigenvalue weighted by molar-refractivity contribution is -0.117. The summed E-state index contributed by atoms with van der Waals surface area (Å²) in [6.45, 7) is 4.06. The van der Waals surface area contributed by atoms with E-state index < -0.39 is 6.04 Å². The molecule has 8 heteroatoms. The zero-order valence-electron chi connectivity index (χ0n) is 19.5. The van der Waals surface area contributed by atoms with E-state index in [0.29, 0.717) is 34.5 Å². The number of aromatic nitrogens is 2. The summed E-state index contributed by atoms with van der Waals surface area (Å²) in [5.74, 6) is 1.96. The average Bonchev–Trinajstić information content (AvgIpc) is 3.35. The molecule has 1 amide bonds. The Morgan fingerprint density at radius 3 is 2.33 bits per heavy atom. The molecule has 1 N–H and O–H groups in total. The van der Waals surface area contributed by atoms with Crippen LogP contribution in [0, 0.1) is 5.92 Å². The fourth-order valence-electron chi connectivity index (χ4n) is 3.31. The molecule has 0 aliphatic heterocycles. The first kappa shape index (κ1) is 23.8. The van der Waals surface area contributed by atoms with E-state index in [0.717, 1.165) is 12.0 Å². The molecule has 8 nitrogen and oxygen atoms in total. The Balaban J connectivity index is 1.86. The summed E-state index contributed by atoms with van der Waals surface area (Å²) in [7, 11) is 4.62. The first-order valence-electron chi connectivity index (χ1n) is 10.7. The van der Waals surface area contributed by atoms with Crippen molar-refractivity contribution >= 4 is 12.0 Å².